The third-order valence-corrected chi connectivity index (χ3v) is 2.53. The molecule has 4 nitrogen and oxygen atoms in total. The predicted octanol–water partition coefficient (Wildman–Crippen LogP) is 1.10. The van der Waals surface area contributed by atoms with Crippen LogP contribution in [-0.4, -0.2) is 25.0 Å². The number of ether oxygens (including phenoxy) is 1. The Hall–Kier alpha value is -1.06. The molecule has 1 amide bonds. The minimum absolute atomic E-state index is 0.0147. The van der Waals surface area contributed by atoms with E-state index in [2.05, 4.69) is 10.1 Å². The van der Waals surface area contributed by atoms with Gasteiger partial charge in [0.1, 0.15) is 5.78 Å². The maximum atomic E-state index is 11.1. The number of alkyl carbamates (subject to hydrolysis) is 1. The first-order valence-corrected chi connectivity index (χ1v) is 4.50. The number of methoxy groups -OCH3 is 1. The highest BCUT2D eigenvalue weighted by molar-refractivity contribution is 5.80. The number of Topliss-reactive ketones (excluding diaryl/α,β-unsaturated/α-hetero) is 1. The Kier molecular flexibility index (Phi) is 3.28. The Bertz CT molecular complexity index is 215. The highest BCUT2D eigenvalue weighted by Crippen LogP contribution is 2.26. The van der Waals surface area contributed by atoms with E-state index in [9.17, 15) is 9.59 Å². The van der Waals surface area contributed by atoms with Gasteiger partial charge >= 0.3 is 6.09 Å². The van der Waals surface area contributed by atoms with Crippen LogP contribution in [-0.2, 0) is 9.53 Å². The highest BCUT2D eigenvalue weighted by Gasteiger charge is 2.31. The summed E-state index contributed by atoms with van der Waals surface area (Å²) in [4.78, 5) is 22.0. The average molecular weight is 185 g/mol. The zero-order valence-corrected chi connectivity index (χ0v) is 8.00. The van der Waals surface area contributed by atoms with E-state index in [0.29, 0.717) is 0 Å². The van der Waals surface area contributed by atoms with Crippen LogP contribution >= 0.6 is 0 Å². The SMILES string of the molecule is COC(=O)N[C@H]1CCCC1C(C)=O. The van der Waals surface area contributed by atoms with Crippen molar-refractivity contribution in [3.8, 4) is 0 Å². The van der Waals surface area contributed by atoms with Crippen molar-refractivity contribution >= 4 is 11.9 Å². The van der Waals surface area contributed by atoms with Crippen molar-refractivity contribution in [2.24, 2.45) is 5.92 Å². The number of nitrogens with one attached hydrogen (secondary N) is 1. The predicted molar refractivity (Wildman–Crippen MR) is 47.4 cm³/mol. The summed E-state index contributed by atoms with van der Waals surface area (Å²) in [6.45, 7) is 1.57. The van der Waals surface area contributed by atoms with E-state index in [4.69, 9.17) is 0 Å². The molecule has 74 valence electrons. The molecule has 1 rings (SSSR count). The largest absolute Gasteiger partial charge is 0.453 e. The molecule has 1 aliphatic carbocycles. The monoisotopic (exact) mass is 185 g/mol. The number of carbonyl (C=O) groups is 2. The quantitative estimate of drug-likeness (QED) is 0.700. The van der Waals surface area contributed by atoms with E-state index in [1.165, 1.54) is 7.11 Å². The molecule has 0 radical (unpaired) electrons. The Morgan fingerprint density at radius 3 is 2.62 bits per heavy atom. The van der Waals surface area contributed by atoms with Crippen LogP contribution in [0.2, 0.25) is 0 Å². The molecule has 0 heterocycles. The van der Waals surface area contributed by atoms with E-state index in [1.54, 1.807) is 6.92 Å². The zero-order chi connectivity index (χ0) is 9.84. The molecule has 0 aromatic carbocycles. The van der Waals surface area contributed by atoms with Gasteiger partial charge in [-0.3, -0.25) is 4.79 Å². The maximum absolute atomic E-state index is 11.1. The standard InChI is InChI=1S/C9H15NO3/c1-6(11)7-4-3-5-8(7)10-9(12)13-2/h7-8H,3-5H2,1-2H3,(H,10,12)/t7?,8-/m0/s1. The lowest BCUT2D eigenvalue weighted by molar-refractivity contribution is -0.121. The summed E-state index contributed by atoms with van der Waals surface area (Å²) in [5.41, 5.74) is 0. The number of amides is 1. The summed E-state index contributed by atoms with van der Waals surface area (Å²) < 4.78 is 4.48. The summed E-state index contributed by atoms with van der Waals surface area (Å²) in [5.74, 6) is 0.137. The van der Waals surface area contributed by atoms with Crippen LogP contribution in [0.15, 0.2) is 0 Å². The van der Waals surface area contributed by atoms with Crippen LogP contribution in [0, 0.1) is 5.92 Å². The van der Waals surface area contributed by atoms with Crippen molar-refractivity contribution in [2.45, 2.75) is 32.2 Å². The molecular weight excluding hydrogens is 170 g/mol. The molecule has 0 bridgehead atoms. The Labute approximate surface area is 77.6 Å². The lowest BCUT2D eigenvalue weighted by Gasteiger charge is -2.17. The van der Waals surface area contributed by atoms with Gasteiger partial charge in [-0.2, -0.15) is 0 Å². The van der Waals surface area contributed by atoms with Crippen LogP contribution in [0.4, 0.5) is 4.79 Å². The summed E-state index contributed by atoms with van der Waals surface area (Å²) >= 11 is 0. The summed E-state index contributed by atoms with van der Waals surface area (Å²) in [7, 11) is 1.33. The van der Waals surface area contributed by atoms with Gasteiger partial charge in [0.25, 0.3) is 0 Å². The van der Waals surface area contributed by atoms with Gasteiger partial charge in [-0.25, -0.2) is 4.79 Å². The van der Waals surface area contributed by atoms with Gasteiger partial charge in [0.2, 0.25) is 0 Å². The highest BCUT2D eigenvalue weighted by atomic mass is 16.5. The molecule has 0 aromatic heterocycles. The molecule has 1 N–H and O–H groups in total. The van der Waals surface area contributed by atoms with Gasteiger partial charge in [-0.05, 0) is 19.8 Å². The van der Waals surface area contributed by atoms with E-state index in [0.717, 1.165) is 19.3 Å². The number of carbonyl (C=O) groups excluding carboxylic acids is 2. The summed E-state index contributed by atoms with van der Waals surface area (Å²) in [6, 6.07) is -0.0232. The number of ketones is 1. The van der Waals surface area contributed by atoms with Crippen LogP contribution < -0.4 is 5.32 Å². The van der Waals surface area contributed by atoms with Crippen molar-refractivity contribution in [2.75, 3.05) is 7.11 Å². The first-order chi connectivity index (χ1) is 6.15. The minimum Gasteiger partial charge on any atom is -0.453 e. The van der Waals surface area contributed by atoms with Gasteiger partial charge in [-0.1, -0.05) is 6.42 Å². The topological polar surface area (TPSA) is 55.4 Å². The average Bonchev–Trinajstić information content (AvgIpc) is 2.52. The Morgan fingerprint density at radius 1 is 1.38 bits per heavy atom. The first kappa shape index (κ1) is 10.0. The lowest BCUT2D eigenvalue weighted by atomic mass is 10.00. The first-order valence-electron chi connectivity index (χ1n) is 4.50. The Morgan fingerprint density at radius 2 is 2.08 bits per heavy atom. The van der Waals surface area contributed by atoms with Crippen LogP contribution in [0.5, 0.6) is 0 Å². The molecular formula is C9H15NO3. The van der Waals surface area contributed by atoms with Gasteiger partial charge < -0.3 is 10.1 Å². The molecule has 0 saturated heterocycles. The zero-order valence-electron chi connectivity index (χ0n) is 8.00. The van der Waals surface area contributed by atoms with E-state index in [-0.39, 0.29) is 17.7 Å². The van der Waals surface area contributed by atoms with E-state index < -0.39 is 6.09 Å². The molecule has 1 aliphatic rings. The lowest BCUT2D eigenvalue weighted by Crippen LogP contribution is -2.39. The maximum Gasteiger partial charge on any atom is 0.407 e. The molecule has 2 atom stereocenters. The normalized spacial score (nSPS) is 26.9. The molecule has 0 aliphatic heterocycles. The van der Waals surface area contributed by atoms with E-state index in [1.807, 2.05) is 0 Å². The summed E-state index contributed by atoms with van der Waals surface area (Å²) in [6.07, 6.45) is 2.31. The number of hydrogen-bond donors (Lipinski definition) is 1. The molecule has 4 heteroatoms. The van der Waals surface area contributed by atoms with Crippen LogP contribution in [0.25, 0.3) is 0 Å². The summed E-state index contributed by atoms with van der Waals surface area (Å²) in [5, 5.41) is 2.68. The number of rotatable bonds is 2. The molecule has 1 fully saturated rings. The number of hydrogen-bond acceptors (Lipinski definition) is 3. The third-order valence-electron chi connectivity index (χ3n) is 2.53. The van der Waals surface area contributed by atoms with Gasteiger partial charge in [0.05, 0.1) is 7.11 Å². The van der Waals surface area contributed by atoms with Gasteiger partial charge in [-0.15, -0.1) is 0 Å². The molecule has 0 spiro atoms. The third kappa shape index (κ3) is 2.44. The molecule has 0 aromatic rings. The second-order valence-corrected chi connectivity index (χ2v) is 3.39. The van der Waals surface area contributed by atoms with Crippen molar-refractivity contribution in [1.29, 1.82) is 0 Å². The van der Waals surface area contributed by atoms with Crippen LogP contribution in [0.3, 0.4) is 0 Å². The molecule has 1 saturated carbocycles. The fraction of sp³-hybridized carbons (Fsp3) is 0.778. The second-order valence-electron chi connectivity index (χ2n) is 3.39. The van der Waals surface area contributed by atoms with Crippen molar-refractivity contribution in [1.82, 2.24) is 5.32 Å². The van der Waals surface area contributed by atoms with Gasteiger partial charge in [0.15, 0.2) is 0 Å². The smallest absolute Gasteiger partial charge is 0.407 e. The fourth-order valence-corrected chi connectivity index (χ4v) is 1.83. The van der Waals surface area contributed by atoms with Crippen molar-refractivity contribution in [3.05, 3.63) is 0 Å². The second kappa shape index (κ2) is 4.25. The van der Waals surface area contributed by atoms with E-state index >= 15 is 0 Å². The minimum atomic E-state index is -0.446. The van der Waals surface area contributed by atoms with Gasteiger partial charge in [0, 0.05) is 12.0 Å². The van der Waals surface area contributed by atoms with Crippen molar-refractivity contribution < 1.29 is 14.3 Å². The fourth-order valence-electron chi connectivity index (χ4n) is 1.83. The van der Waals surface area contributed by atoms with Crippen molar-refractivity contribution in [3.63, 3.8) is 0 Å². The Balaban J connectivity index is 2.48. The molecule has 1 unspecified atom stereocenters. The van der Waals surface area contributed by atoms with Crippen LogP contribution in [0.1, 0.15) is 26.2 Å². The molecule has 13 heavy (non-hydrogen) atoms.